The summed E-state index contributed by atoms with van der Waals surface area (Å²) in [6.07, 6.45) is 1.43. The number of hydrogen-bond acceptors (Lipinski definition) is 5. The molecule has 0 radical (unpaired) electrons. The van der Waals surface area contributed by atoms with Crippen molar-refractivity contribution in [3.63, 3.8) is 0 Å². The van der Waals surface area contributed by atoms with Gasteiger partial charge in [0, 0.05) is 26.8 Å². The predicted molar refractivity (Wildman–Crippen MR) is 80.5 cm³/mol. The minimum absolute atomic E-state index is 0.0195. The summed E-state index contributed by atoms with van der Waals surface area (Å²) in [4.78, 5) is 40.4. The summed E-state index contributed by atoms with van der Waals surface area (Å²) in [5.74, 6) is -1.15. The Morgan fingerprint density at radius 3 is 2.68 bits per heavy atom. The van der Waals surface area contributed by atoms with Crippen molar-refractivity contribution in [2.24, 2.45) is 5.92 Å². The van der Waals surface area contributed by atoms with Crippen molar-refractivity contribution in [1.82, 2.24) is 15.2 Å². The number of esters is 1. The topological polar surface area (TPSA) is 101 Å². The van der Waals surface area contributed by atoms with Crippen molar-refractivity contribution in [3.05, 3.63) is 24.0 Å². The van der Waals surface area contributed by atoms with Crippen LogP contribution in [0.25, 0.3) is 0 Å². The van der Waals surface area contributed by atoms with Gasteiger partial charge in [-0.25, -0.2) is 14.6 Å². The third-order valence-corrected chi connectivity index (χ3v) is 3.02. The Labute approximate surface area is 128 Å². The fourth-order valence-electron chi connectivity index (χ4n) is 1.80. The maximum Gasteiger partial charge on any atom is 0.358 e. The van der Waals surface area contributed by atoms with Gasteiger partial charge in [0.05, 0.1) is 18.7 Å². The summed E-state index contributed by atoms with van der Waals surface area (Å²) < 4.78 is 4.61. The van der Waals surface area contributed by atoms with Crippen molar-refractivity contribution in [2.45, 2.75) is 6.92 Å². The number of methoxy groups -OCH3 is 1. The van der Waals surface area contributed by atoms with Gasteiger partial charge in [-0.3, -0.25) is 4.79 Å². The molecule has 0 aromatic carbocycles. The minimum Gasteiger partial charge on any atom is -0.464 e. The van der Waals surface area contributed by atoms with Gasteiger partial charge < -0.3 is 20.3 Å². The lowest BCUT2D eigenvalue weighted by molar-refractivity contribution is -0.124. The summed E-state index contributed by atoms with van der Waals surface area (Å²) >= 11 is 0. The zero-order chi connectivity index (χ0) is 16.7. The molecule has 1 atom stereocenters. The van der Waals surface area contributed by atoms with Crippen LogP contribution in [-0.4, -0.2) is 55.5 Å². The smallest absolute Gasteiger partial charge is 0.358 e. The lowest BCUT2D eigenvalue weighted by Gasteiger charge is -2.21. The Morgan fingerprint density at radius 2 is 2.09 bits per heavy atom. The molecule has 2 N–H and O–H groups in total. The van der Waals surface area contributed by atoms with Crippen LogP contribution in [0.3, 0.4) is 0 Å². The van der Waals surface area contributed by atoms with E-state index in [1.54, 1.807) is 26.1 Å². The van der Waals surface area contributed by atoms with Gasteiger partial charge >= 0.3 is 12.0 Å². The molecule has 0 aliphatic heterocycles. The van der Waals surface area contributed by atoms with Crippen LogP contribution < -0.4 is 10.6 Å². The summed E-state index contributed by atoms with van der Waals surface area (Å²) in [5, 5.41) is 5.10. The lowest BCUT2D eigenvalue weighted by atomic mass is 10.1. The number of ether oxygens (including phenoxy) is 1. The van der Waals surface area contributed by atoms with Gasteiger partial charge in [0.15, 0.2) is 5.69 Å². The van der Waals surface area contributed by atoms with Crippen LogP contribution in [0.1, 0.15) is 17.4 Å². The van der Waals surface area contributed by atoms with Crippen LogP contribution in [0.5, 0.6) is 0 Å². The Kier molecular flexibility index (Phi) is 6.30. The Hall–Kier alpha value is -2.64. The van der Waals surface area contributed by atoms with Crippen LogP contribution in [0.4, 0.5) is 10.5 Å². The number of carbonyl (C=O) groups is 3. The Bertz CT molecular complexity index is 562. The van der Waals surface area contributed by atoms with E-state index < -0.39 is 12.0 Å². The van der Waals surface area contributed by atoms with Gasteiger partial charge in [0.2, 0.25) is 5.91 Å². The zero-order valence-electron chi connectivity index (χ0n) is 13.0. The van der Waals surface area contributed by atoms with Gasteiger partial charge in [-0.15, -0.1) is 0 Å². The predicted octanol–water partition coefficient (Wildman–Crippen LogP) is 0.714. The van der Waals surface area contributed by atoms with Crippen molar-refractivity contribution in [3.8, 4) is 0 Å². The van der Waals surface area contributed by atoms with Crippen molar-refractivity contribution in [1.29, 1.82) is 0 Å². The molecular weight excluding hydrogens is 288 g/mol. The first-order valence-corrected chi connectivity index (χ1v) is 6.67. The average molecular weight is 308 g/mol. The number of aromatic nitrogens is 1. The average Bonchev–Trinajstić information content (AvgIpc) is 2.53. The number of hydrogen-bond donors (Lipinski definition) is 2. The van der Waals surface area contributed by atoms with Gasteiger partial charge in [-0.1, -0.05) is 6.92 Å². The van der Waals surface area contributed by atoms with Crippen LogP contribution in [0.2, 0.25) is 0 Å². The van der Waals surface area contributed by atoms with Crippen LogP contribution in [-0.2, 0) is 9.53 Å². The Balaban J connectivity index is 2.76. The second-order valence-electron chi connectivity index (χ2n) is 4.72. The molecule has 0 saturated heterocycles. The van der Waals surface area contributed by atoms with E-state index in [-0.39, 0.29) is 29.8 Å². The molecule has 1 aromatic rings. The number of nitrogens with one attached hydrogen (secondary N) is 2. The van der Waals surface area contributed by atoms with Crippen LogP contribution in [0.15, 0.2) is 18.3 Å². The van der Waals surface area contributed by atoms with E-state index in [9.17, 15) is 14.4 Å². The summed E-state index contributed by atoms with van der Waals surface area (Å²) in [5.41, 5.74) is 0.268. The van der Waals surface area contributed by atoms with E-state index >= 15 is 0 Å². The number of nitrogens with zero attached hydrogens (tertiary/aromatic N) is 2. The largest absolute Gasteiger partial charge is 0.464 e. The molecule has 0 aliphatic rings. The first-order valence-electron chi connectivity index (χ1n) is 6.67. The maximum atomic E-state index is 12.1. The zero-order valence-corrected chi connectivity index (χ0v) is 13.0. The number of anilines is 1. The summed E-state index contributed by atoms with van der Waals surface area (Å²) in [6, 6.07) is 2.69. The van der Waals surface area contributed by atoms with Gasteiger partial charge in [0.25, 0.3) is 0 Å². The van der Waals surface area contributed by atoms with Crippen molar-refractivity contribution < 1.29 is 19.1 Å². The fourth-order valence-corrected chi connectivity index (χ4v) is 1.80. The molecule has 0 unspecified atom stereocenters. The van der Waals surface area contributed by atoms with Gasteiger partial charge in [0.1, 0.15) is 0 Å². The minimum atomic E-state index is -0.641. The molecule has 1 aromatic heterocycles. The third-order valence-electron chi connectivity index (χ3n) is 3.02. The Morgan fingerprint density at radius 1 is 1.41 bits per heavy atom. The monoisotopic (exact) mass is 308 g/mol. The van der Waals surface area contributed by atoms with E-state index in [4.69, 9.17) is 0 Å². The van der Waals surface area contributed by atoms with E-state index in [1.165, 1.54) is 25.3 Å². The number of urea groups is 1. The van der Waals surface area contributed by atoms with E-state index in [0.29, 0.717) is 0 Å². The number of rotatable bonds is 5. The highest BCUT2D eigenvalue weighted by Crippen LogP contribution is 2.14. The highest BCUT2D eigenvalue weighted by molar-refractivity contribution is 5.99. The van der Waals surface area contributed by atoms with Crippen LogP contribution in [0, 0.1) is 5.92 Å². The molecule has 0 bridgehead atoms. The molecule has 0 fully saturated rings. The normalized spacial score (nSPS) is 11.3. The highest BCUT2D eigenvalue weighted by atomic mass is 16.5. The second-order valence-corrected chi connectivity index (χ2v) is 4.72. The highest BCUT2D eigenvalue weighted by Gasteiger charge is 2.20. The molecule has 0 saturated carbocycles. The quantitative estimate of drug-likeness (QED) is 0.780. The number of amides is 3. The standard InChI is InChI=1S/C14H20N4O4/c1-9(12(19)15-2)8-18(3)14(21)17-10-6-5-7-16-11(10)13(20)22-4/h5-7,9H,8H2,1-4H3,(H,15,19)(H,17,21)/t9-/m1/s1. The number of carbonyl (C=O) groups excluding carboxylic acids is 3. The second kappa shape index (κ2) is 7.96. The van der Waals surface area contributed by atoms with Crippen LogP contribution >= 0.6 is 0 Å². The molecular formula is C14H20N4O4. The molecule has 0 aliphatic carbocycles. The molecule has 0 spiro atoms. The first-order chi connectivity index (χ1) is 10.4. The third kappa shape index (κ3) is 4.44. The first kappa shape index (κ1) is 17.4. The maximum absolute atomic E-state index is 12.1. The van der Waals surface area contributed by atoms with E-state index in [0.717, 1.165) is 0 Å². The lowest BCUT2D eigenvalue weighted by Crippen LogP contribution is -2.39. The fraction of sp³-hybridized carbons (Fsp3) is 0.429. The SMILES string of the molecule is CNC(=O)[C@H](C)CN(C)C(=O)Nc1cccnc1C(=O)OC. The van der Waals surface area contributed by atoms with E-state index in [2.05, 4.69) is 20.4 Å². The molecule has 1 heterocycles. The van der Waals surface area contributed by atoms with Crippen molar-refractivity contribution in [2.75, 3.05) is 33.1 Å². The molecule has 8 heteroatoms. The number of pyridine rings is 1. The van der Waals surface area contributed by atoms with Gasteiger partial charge in [-0.05, 0) is 12.1 Å². The molecule has 1 rings (SSSR count). The molecule has 8 nitrogen and oxygen atoms in total. The summed E-state index contributed by atoms with van der Waals surface area (Å²) in [6.45, 7) is 1.95. The molecule has 3 amide bonds. The van der Waals surface area contributed by atoms with E-state index in [1.807, 2.05) is 0 Å². The molecule has 22 heavy (non-hydrogen) atoms. The van der Waals surface area contributed by atoms with Crippen molar-refractivity contribution >= 4 is 23.6 Å². The molecule has 120 valence electrons. The summed E-state index contributed by atoms with van der Waals surface area (Å²) in [7, 11) is 4.33. The van der Waals surface area contributed by atoms with Gasteiger partial charge in [-0.2, -0.15) is 0 Å².